The van der Waals surface area contributed by atoms with E-state index in [-0.39, 0.29) is 18.2 Å². The first-order chi connectivity index (χ1) is 5.77. The Kier molecular flexibility index (Phi) is 2.73. The van der Waals surface area contributed by atoms with Crippen molar-refractivity contribution in [1.29, 1.82) is 0 Å². The summed E-state index contributed by atoms with van der Waals surface area (Å²) < 4.78 is 0. The second-order valence-corrected chi connectivity index (χ2v) is 2.79. The molecule has 1 heterocycles. The van der Waals surface area contributed by atoms with Crippen molar-refractivity contribution in [2.24, 2.45) is 0 Å². The number of fused-ring (bicyclic) bond motifs is 1. The van der Waals surface area contributed by atoms with Crippen LogP contribution in [0, 0.1) is 6.92 Å². The Labute approximate surface area is 82.6 Å². The number of hydrogen-bond acceptors (Lipinski definition) is 2. The number of pyridine rings is 1. The van der Waals surface area contributed by atoms with Crippen molar-refractivity contribution in [1.82, 2.24) is 4.98 Å². The lowest BCUT2D eigenvalue weighted by Crippen LogP contribution is -1.83. The molecular weight excluding hydrogens is 186 g/mol. The van der Waals surface area contributed by atoms with Gasteiger partial charge >= 0.3 is 0 Å². The molecule has 0 amide bonds. The minimum Gasteiger partial charge on any atom is -0.506 e. The number of nitrogens with zero attached hydrogens (tertiary/aromatic N) is 1. The van der Waals surface area contributed by atoms with Gasteiger partial charge in [0.15, 0.2) is 0 Å². The highest BCUT2D eigenvalue weighted by Crippen LogP contribution is 2.20. The SMILES string of the molecule is Cc1nc2ccccc2cc1O.Cl. The molecule has 3 heteroatoms. The quantitative estimate of drug-likeness (QED) is 0.701. The topological polar surface area (TPSA) is 33.1 Å². The monoisotopic (exact) mass is 195 g/mol. The Morgan fingerprint density at radius 1 is 1.23 bits per heavy atom. The third-order valence-corrected chi connectivity index (χ3v) is 1.89. The van der Waals surface area contributed by atoms with Crippen LogP contribution >= 0.6 is 12.4 Å². The number of halogens is 1. The van der Waals surface area contributed by atoms with Crippen LogP contribution < -0.4 is 0 Å². The maximum absolute atomic E-state index is 9.35. The molecule has 0 aliphatic rings. The summed E-state index contributed by atoms with van der Waals surface area (Å²) in [6, 6.07) is 9.46. The summed E-state index contributed by atoms with van der Waals surface area (Å²) in [6.07, 6.45) is 0. The van der Waals surface area contributed by atoms with E-state index in [1.807, 2.05) is 24.3 Å². The fraction of sp³-hybridized carbons (Fsp3) is 0.100. The summed E-state index contributed by atoms with van der Waals surface area (Å²) in [5.41, 5.74) is 1.60. The van der Waals surface area contributed by atoms with Crippen molar-refractivity contribution >= 4 is 23.3 Å². The van der Waals surface area contributed by atoms with Crippen LogP contribution in [0.15, 0.2) is 30.3 Å². The van der Waals surface area contributed by atoms with E-state index >= 15 is 0 Å². The number of aromatic nitrogens is 1. The molecule has 0 unspecified atom stereocenters. The summed E-state index contributed by atoms with van der Waals surface area (Å²) in [7, 11) is 0. The van der Waals surface area contributed by atoms with Crippen LogP contribution in [-0.4, -0.2) is 10.1 Å². The maximum atomic E-state index is 9.35. The third kappa shape index (κ3) is 1.73. The Hall–Kier alpha value is -1.28. The minimum atomic E-state index is 0. The van der Waals surface area contributed by atoms with E-state index in [9.17, 15) is 5.11 Å². The van der Waals surface area contributed by atoms with Gasteiger partial charge in [-0.25, -0.2) is 4.98 Å². The number of aryl methyl sites for hydroxylation is 1. The Bertz CT molecular complexity index is 388. The van der Waals surface area contributed by atoms with Crippen molar-refractivity contribution in [3.05, 3.63) is 36.0 Å². The molecule has 0 radical (unpaired) electrons. The molecule has 0 spiro atoms. The highest BCUT2D eigenvalue weighted by molar-refractivity contribution is 5.85. The molecule has 0 fully saturated rings. The fourth-order valence-electron chi connectivity index (χ4n) is 1.20. The first-order valence-corrected chi connectivity index (χ1v) is 3.83. The van der Waals surface area contributed by atoms with Crippen LogP contribution in [0.1, 0.15) is 5.69 Å². The van der Waals surface area contributed by atoms with Crippen molar-refractivity contribution < 1.29 is 5.11 Å². The normalized spacial score (nSPS) is 9.62. The van der Waals surface area contributed by atoms with E-state index < -0.39 is 0 Å². The largest absolute Gasteiger partial charge is 0.506 e. The van der Waals surface area contributed by atoms with Gasteiger partial charge in [-0.2, -0.15) is 0 Å². The summed E-state index contributed by atoms with van der Waals surface area (Å²) >= 11 is 0. The van der Waals surface area contributed by atoms with E-state index in [4.69, 9.17) is 0 Å². The minimum absolute atomic E-state index is 0. The molecule has 0 aliphatic heterocycles. The van der Waals surface area contributed by atoms with Gasteiger partial charge in [-0.1, -0.05) is 18.2 Å². The van der Waals surface area contributed by atoms with Gasteiger partial charge in [-0.05, 0) is 19.1 Å². The molecule has 68 valence electrons. The van der Waals surface area contributed by atoms with Crippen molar-refractivity contribution in [2.45, 2.75) is 6.92 Å². The van der Waals surface area contributed by atoms with Crippen molar-refractivity contribution in [2.75, 3.05) is 0 Å². The first kappa shape index (κ1) is 9.81. The zero-order chi connectivity index (χ0) is 8.55. The summed E-state index contributed by atoms with van der Waals surface area (Å²) in [5.74, 6) is 0.258. The number of rotatable bonds is 0. The van der Waals surface area contributed by atoms with Gasteiger partial charge in [0.2, 0.25) is 0 Å². The Morgan fingerprint density at radius 3 is 2.69 bits per heavy atom. The molecule has 2 rings (SSSR count). The summed E-state index contributed by atoms with van der Waals surface area (Å²) in [6.45, 7) is 1.79. The first-order valence-electron chi connectivity index (χ1n) is 3.83. The van der Waals surface area contributed by atoms with E-state index in [0.29, 0.717) is 5.69 Å². The van der Waals surface area contributed by atoms with Crippen molar-refractivity contribution in [3.8, 4) is 5.75 Å². The third-order valence-electron chi connectivity index (χ3n) is 1.89. The van der Waals surface area contributed by atoms with E-state index in [2.05, 4.69) is 4.98 Å². The molecule has 13 heavy (non-hydrogen) atoms. The number of para-hydroxylation sites is 1. The molecule has 0 saturated carbocycles. The second-order valence-electron chi connectivity index (χ2n) is 2.79. The average Bonchev–Trinajstić information content (AvgIpc) is 2.07. The highest BCUT2D eigenvalue weighted by atomic mass is 35.5. The van der Waals surface area contributed by atoms with Crippen LogP contribution in [-0.2, 0) is 0 Å². The zero-order valence-corrected chi connectivity index (χ0v) is 8.01. The van der Waals surface area contributed by atoms with E-state index in [1.54, 1.807) is 13.0 Å². The van der Waals surface area contributed by atoms with Crippen LogP contribution in [0.2, 0.25) is 0 Å². The lowest BCUT2D eigenvalue weighted by Gasteiger charge is -2.00. The van der Waals surface area contributed by atoms with Crippen LogP contribution in [0.4, 0.5) is 0 Å². The van der Waals surface area contributed by atoms with E-state index in [1.165, 1.54) is 0 Å². The van der Waals surface area contributed by atoms with Crippen LogP contribution in [0.25, 0.3) is 10.9 Å². The number of benzene rings is 1. The fourth-order valence-corrected chi connectivity index (χ4v) is 1.20. The standard InChI is InChI=1S/C10H9NO.ClH/c1-7-10(12)6-8-4-2-3-5-9(8)11-7;/h2-6,12H,1H3;1H. The maximum Gasteiger partial charge on any atom is 0.137 e. The lowest BCUT2D eigenvalue weighted by atomic mass is 10.2. The molecule has 1 N–H and O–H groups in total. The molecule has 0 atom stereocenters. The van der Waals surface area contributed by atoms with Crippen molar-refractivity contribution in [3.63, 3.8) is 0 Å². The van der Waals surface area contributed by atoms with Gasteiger partial charge < -0.3 is 5.11 Å². The zero-order valence-electron chi connectivity index (χ0n) is 7.19. The van der Waals surface area contributed by atoms with Gasteiger partial charge in [0, 0.05) is 5.39 Å². The number of aromatic hydroxyl groups is 1. The van der Waals surface area contributed by atoms with Gasteiger partial charge in [-0.15, -0.1) is 12.4 Å². The molecular formula is C10H10ClNO. The van der Waals surface area contributed by atoms with Crippen LogP contribution in [0.3, 0.4) is 0 Å². The Morgan fingerprint density at radius 2 is 1.92 bits per heavy atom. The smallest absolute Gasteiger partial charge is 0.137 e. The molecule has 0 bridgehead atoms. The molecule has 2 nitrogen and oxygen atoms in total. The lowest BCUT2D eigenvalue weighted by molar-refractivity contribution is 0.469. The predicted octanol–water partition coefficient (Wildman–Crippen LogP) is 2.67. The van der Waals surface area contributed by atoms with Gasteiger partial charge in [-0.3, -0.25) is 0 Å². The van der Waals surface area contributed by atoms with Gasteiger partial charge in [0.05, 0.1) is 11.2 Å². The molecule has 0 aliphatic carbocycles. The molecule has 0 saturated heterocycles. The number of hydrogen-bond donors (Lipinski definition) is 1. The Balaban J connectivity index is 0.000000845. The van der Waals surface area contributed by atoms with Gasteiger partial charge in [0.25, 0.3) is 0 Å². The summed E-state index contributed by atoms with van der Waals surface area (Å²) in [4.78, 5) is 4.23. The van der Waals surface area contributed by atoms with Gasteiger partial charge in [0.1, 0.15) is 5.75 Å². The summed E-state index contributed by atoms with van der Waals surface area (Å²) in [5, 5.41) is 10.3. The van der Waals surface area contributed by atoms with Crippen LogP contribution in [0.5, 0.6) is 5.75 Å². The molecule has 2 aromatic rings. The predicted molar refractivity (Wildman–Crippen MR) is 55.4 cm³/mol. The highest BCUT2D eigenvalue weighted by Gasteiger charge is 1.99. The average molecular weight is 196 g/mol. The van der Waals surface area contributed by atoms with E-state index in [0.717, 1.165) is 10.9 Å². The molecule has 1 aromatic heterocycles. The molecule has 1 aromatic carbocycles. The second kappa shape index (κ2) is 3.62.